The number of aryl methyl sites for hydroxylation is 1. The highest BCUT2D eigenvalue weighted by molar-refractivity contribution is 5.93. The third-order valence-corrected chi connectivity index (χ3v) is 2.53. The van der Waals surface area contributed by atoms with Crippen LogP contribution in [0.4, 0.5) is 5.69 Å². The van der Waals surface area contributed by atoms with Gasteiger partial charge in [0.1, 0.15) is 5.69 Å². The molecule has 0 saturated carbocycles. The number of carbonyl (C=O) groups excluding carboxylic acids is 1. The Kier molecular flexibility index (Phi) is 3.54. The number of nitrogens with zero attached hydrogens (tertiary/aromatic N) is 2. The number of nitrogens with two attached hydrogens (primary N) is 1. The van der Waals surface area contributed by atoms with E-state index in [9.17, 15) is 4.79 Å². The normalized spacial score (nSPS) is 10.1. The second-order valence-electron chi connectivity index (χ2n) is 3.78. The summed E-state index contributed by atoms with van der Waals surface area (Å²) >= 11 is 0. The van der Waals surface area contributed by atoms with Gasteiger partial charge in [-0.3, -0.25) is 20.7 Å². The van der Waals surface area contributed by atoms with Gasteiger partial charge in [0.25, 0.3) is 5.91 Å². The minimum Gasteiger partial charge on any atom is -0.346 e. The van der Waals surface area contributed by atoms with Crippen molar-refractivity contribution in [2.24, 2.45) is 5.84 Å². The Morgan fingerprint density at radius 3 is 3.06 bits per heavy atom. The molecule has 0 aliphatic carbocycles. The predicted octanol–water partition coefficient (Wildman–Crippen LogP) is 0.329. The van der Waals surface area contributed by atoms with Gasteiger partial charge in [-0.25, -0.2) is 0 Å². The van der Waals surface area contributed by atoms with Crippen LogP contribution in [0, 0.1) is 6.92 Å². The van der Waals surface area contributed by atoms with Gasteiger partial charge in [0, 0.05) is 24.0 Å². The molecule has 0 saturated heterocycles. The molecule has 0 aromatic carbocycles. The van der Waals surface area contributed by atoms with E-state index in [1.807, 2.05) is 6.92 Å². The van der Waals surface area contributed by atoms with Crippen molar-refractivity contribution in [2.45, 2.75) is 13.5 Å². The number of aromatic amines is 1. The van der Waals surface area contributed by atoms with Gasteiger partial charge in [0.2, 0.25) is 0 Å². The van der Waals surface area contributed by atoms with Crippen molar-refractivity contribution >= 4 is 11.6 Å². The zero-order chi connectivity index (χ0) is 13.0. The summed E-state index contributed by atoms with van der Waals surface area (Å²) in [7, 11) is 0. The van der Waals surface area contributed by atoms with E-state index in [1.54, 1.807) is 18.3 Å². The highest BCUT2D eigenvalue weighted by atomic mass is 16.1. The van der Waals surface area contributed by atoms with Crippen molar-refractivity contribution in [1.82, 2.24) is 20.5 Å². The van der Waals surface area contributed by atoms with E-state index in [-0.39, 0.29) is 5.91 Å². The second-order valence-corrected chi connectivity index (χ2v) is 3.78. The summed E-state index contributed by atoms with van der Waals surface area (Å²) in [6.45, 7) is 2.30. The van der Waals surface area contributed by atoms with Crippen LogP contribution in [0.5, 0.6) is 0 Å². The number of nitrogen functional groups attached to an aromatic ring is 1. The standard InChI is InChI=1S/C11H14N6O/c1-7-8(6-15-17-7)5-14-11(18)10-4-9(16-12)2-3-13-10/h2-4,6H,5,12H2,1H3,(H,13,16)(H,14,18)(H,15,17). The summed E-state index contributed by atoms with van der Waals surface area (Å²) in [5.74, 6) is 5.01. The molecule has 2 aromatic rings. The van der Waals surface area contributed by atoms with E-state index in [2.05, 4.69) is 25.9 Å². The van der Waals surface area contributed by atoms with Gasteiger partial charge in [0.05, 0.1) is 11.9 Å². The summed E-state index contributed by atoms with van der Waals surface area (Å²) in [6, 6.07) is 3.26. The maximum absolute atomic E-state index is 11.8. The number of carbonyl (C=O) groups is 1. The number of hydrogen-bond donors (Lipinski definition) is 4. The number of anilines is 1. The largest absolute Gasteiger partial charge is 0.346 e. The van der Waals surface area contributed by atoms with Gasteiger partial charge < -0.3 is 10.7 Å². The first-order valence-corrected chi connectivity index (χ1v) is 5.40. The molecule has 5 N–H and O–H groups in total. The van der Waals surface area contributed by atoms with Crippen molar-refractivity contribution in [1.29, 1.82) is 0 Å². The Morgan fingerprint density at radius 1 is 1.56 bits per heavy atom. The fourth-order valence-corrected chi connectivity index (χ4v) is 1.46. The van der Waals surface area contributed by atoms with Crippen LogP contribution in [0.2, 0.25) is 0 Å². The minimum absolute atomic E-state index is 0.257. The molecule has 18 heavy (non-hydrogen) atoms. The summed E-state index contributed by atoms with van der Waals surface area (Å²) in [4.78, 5) is 15.8. The molecule has 7 nitrogen and oxygen atoms in total. The lowest BCUT2D eigenvalue weighted by Gasteiger charge is -2.05. The van der Waals surface area contributed by atoms with E-state index in [0.717, 1.165) is 11.3 Å². The fourth-order valence-electron chi connectivity index (χ4n) is 1.46. The number of aromatic nitrogens is 3. The molecular formula is C11H14N6O. The third kappa shape index (κ3) is 2.64. The number of pyridine rings is 1. The van der Waals surface area contributed by atoms with Crippen LogP contribution < -0.4 is 16.6 Å². The van der Waals surface area contributed by atoms with E-state index in [0.29, 0.717) is 17.9 Å². The van der Waals surface area contributed by atoms with Crippen LogP contribution in [-0.2, 0) is 6.54 Å². The maximum Gasteiger partial charge on any atom is 0.270 e. The lowest BCUT2D eigenvalue weighted by Crippen LogP contribution is -2.24. The highest BCUT2D eigenvalue weighted by Gasteiger charge is 2.08. The fraction of sp³-hybridized carbons (Fsp3) is 0.182. The Labute approximate surface area is 104 Å². The summed E-state index contributed by atoms with van der Waals surface area (Å²) < 4.78 is 0. The molecule has 7 heteroatoms. The average Bonchev–Trinajstić information content (AvgIpc) is 2.81. The summed E-state index contributed by atoms with van der Waals surface area (Å²) in [6.07, 6.45) is 3.20. The number of H-pyrrole nitrogens is 1. The molecule has 0 radical (unpaired) electrons. The van der Waals surface area contributed by atoms with Gasteiger partial charge in [-0.2, -0.15) is 5.10 Å². The molecule has 0 unspecified atom stereocenters. The third-order valence-electron chi connectivity index (χ3n) is 2.53. The van der Waals surface area contributed by atoms with Crippen LogP contribution in [0.3, 0.4) is 0 Å². The van der Waals surface area contributed by atoms with Crippen LogP contribution >= 0.6 is 0 Å². The Bertz CT molecular complexity index is 550. The SMILES string of the molecule is Cc1[nH]ncc1CNC(=O)c1cc(NN)ccn1. The Hall–Kier alpha value is -2.41. The van der Waals surface area contributed by atoms with Crippen LogP contribution in [-0.4, -0.2) is 21.1 Å². The smallest absolute Gasteiger partial charge is 0.270 e. The molecular weight excluding hydrogens is 232 g/mol. The number of hydrazine groups is 1. The molecule has 0 fully saturated rings. The lowest BCUT2D eigenvalue weighted by atomic mass is 10.2. The molecule has 0 atom stereocenters. The molecule has 0 bridgehead atoms. The van der Waals surface area contributed by atoms with E-state index in [4.69, 9.17) is 5.84 Å². The molecule has 2 heterocycles. The second kappa shape index (κ2) is 5.28. The van der Waals surface area contributed by atoms with Crippen molar-refractivity contribution in [3.8, 4) is 0 Å². The predicted molar refractivity (Wildman–Crippen MR) is 66.5 cm³/mol. The van der Waals surface area contributed by atoms with Gasteiger partial charge in [-0.15, -0.1) is 0 Å². The molecule has 94 valence electrons. The van der Waals surface area contributed by atoms with Crippen LogP contribution in [0.1, 0.15) is 21.7 Å². The van der Waals surface area contributed by atoms with E-state index >= 15 is 0 Å². The zero-order valence-corrected chi connectivity index (χ0v) is 9.90. The first kappa shape index (κ1) is 12.1. The minimum atomic E-state index is -0.257. The number of amides is 1. The summed E-state index contributed by atoms with van der Waals surface area (Å²) in [5, 5.41) is 9.45. The molecule has 0 aliphatic rings. The van der Waals surface area contributed by atoms with Crippen LogP contribution in [0.15, 0.2) is 24.5 Å². The zero-order valence-electron chi connectivity index (χ0n) is 9.90. The molecule has 2 aromatic heterocycles. The quantitative estimate of drug-likeness (QED) is 0.459. The van der Waals surface area contributed by atoms with Gasteiger partial charge in [-0.05, 0) is 19.1 Å². The molecule has 0 spiro atoms. The highest BCUT2D eigenvalue weighted by Crippen LogP contribution is 2.07. The average molecular weight is 246 g/mol. The van der Waals surface area contributed by atoms with Crippen molar-refractivity contribution < 1.29 is 4.79 Å². The van der Waals surface area contributed by atoms with Gasteiger partial charge in [-0.1, -0.05) is 0 Å². The van der Waals surface area contributed by atoms with Crippen molar-refractivity contribution in [2.75, 3.05) is 5.43 Å². The van der Waals surface area contributed by atoms with Crippen molar-refractivity contribution in [3.63, 3.8) is 0 Å². The number of hydrogen-bond acceptors (Lipinski definition) is 5. The summed E-state index contributed by atoms with van der Waals surface area (Å²) in [5.41, 5.74) is 5.28. The number of nitrogens with one attached hydrogen (secondary N) is 3. The van der Waals surface area contributed by atoms with Crippen molar-refractivity contribution in [3.05, 3.63) is 41.5 Å². The Morgan fingerprint density at radius 2 is 2.39 bits per heavy atom. The van der Waals surface area contributed by atoms with Crippen LogP contribution in [0.25, 0.3) is 0 Å². The van der Waals surface area contributed by atoms with Gasteiger partial charge >= 0.3 is 0 Å². The van der Waals surface area contributed by atoms with E-state index in [1.165, 1.54) is 6.20 Å². The van der Waals surface area contributed by atoms with Gasteiger partial charge in [0.15, 0.2) is 0 Å². The Balaban J connectivity index is 2.01. The first-order chi connectivity index (χ1) is 8.70. The first-order valence-electron chi connectivity index (χ1n) is 5.40. The maximum atomic E-state index is 11.8. The number of rotatable bonds is 4. The lowest BCUT2D eigenvalue weighted by molar-refractivity contribution is 0.0946. The molecule has 1 amide bonds. The topological polar surface area (TPSA) is 109 Å². The molecule has 2 rings (SSSR count). The van der Waals surface area contributed by atoms with E-state index < -0.39 is 0 Å². The molecule has 0 aliphatic heterocycles. The monoisotopic (exact) mass is 246 g/mol.